The van der Waals surface area contributed by atoms with Gasteiger partial charge in [0.1, 0.15) is 17.4 Å². The van der Waals surface area contributed by atoms with Crippen LogP contribution in [-0.2, 0) is 9.59 Å². The van der Waals surface area contributed by atoms with Crippen molar-refractivity contribution in [3.63, 3.8) is 0 Å². The third-order valence-corrected chi connectivity index (χ3v) is 5.38. The molecule has 3 rings (SSSR count). The van der Waals surface area contributed by atoms with Gasteiger partial charge in [-0.2, -0.15) is 5.26 Å². The first-order valence-corrected chi connectivity index (χ1v) is 11.2. The van der Waals surface area contributed by atoms with Gasteiger partial charge in [0.05, 0.1) is 30.0 Å². The lowest BCUT2D eigenvalue weighted by atomic mass is 10.1. The van der Waals surface area contributed by atoms with Crippen LogP contribution in [0.25, 0.3) is 6.08 Å². The van der Waals surface area contributed by atoms with E-state index in [0.717, 1.165) is 0 Å². The predicted molar refractivity (Wildman–Crippen MR) is 139 cm³/mol. The summed E-state index contributed by atoms with van der Waals surface area (Å²) in [5.74, 6) is -0.0349. The number of carbonyl (C=O) groups excluding carboxylic acids is 2. The lowest BCUT2D eigenvalue weighted by Crippen LogP contribution is -2.20. The van der Waals surface area contributed by atoms with E-state index in [2.05, 4.69) is 10.6 Å². The normalized spacial score (nSPS) is 10.7. The van der Waals surface area contributed by atoms with Crippen LogP contribution in [0.5, 0.6) is 17.2 Å². The number of para-hydroxylation sites is 1. The molecule has 0 radical (unpaired) electrons. The van der Waals surface area contributed by atoms with Gasteiger partial charge in [-0.25, -0.2) is 0 Å². The van der Waals surface area contributed by atoms with E-state index in [4.69, 9.17) is 37.4 Å². The monoisotopic (exact) mass is 525 g/mol. The minimum Gasteiger partial charge on any atom is -0.497 e. The number of rotatable bonds is 9. The molecular weight excluding hydrogens is 505 g/mol. The molecule has 0 atom stereocenters. The average Bonchev–Trinajstić information content (AvgIpc) is 2.88. The quantitative estimate of drug-likeness (QED) is 0.279. The van der Waals surface area contributed by atoms with Gasteiger partial charge >= 0.3 is 0 Å². The fraction of sp³-hybridized carbons (Fsp3) is 0.115. The zero-order valence-electron chi connectivity index (χ0n) is 19.3. The fourth-order valence-corrected chi connectivity index (χ4v) is 3.50. The first kappa shape index (κ1) is 26.4. The number of carbonyl (C=O) groups is 2. The minimum absolute atomic E-state index is 0.127. The number of nitrogens with one attached hydrogen (secondary N) is 2. The van der Waals surface area contributed by atoms with Crippen LogP contribution in [0, 0.1) is 11.3 Å². The van der Waals surface area contributed by atoms with E-state index in [1.807, 2.05) is 6.07 Å². The molecule has 0 spiro atoms. The molecule has 0 heterocycles. The van der Waals surface area contributed by atoms with Gasteiger partial charge in [0.2, 0.25) is 0 Å². The highest BCUT2D eigenvalue weighted by Gasteiger charge is 2.16. The molecule has 184 valence electrons. The lowest BCUT2D eigenvalue weighted by molar-refractivity contribution is -0.118. The summed E-state index contributed by atoms with van der Waals surface area (Å²) in [4.78, 5) is 24.9. The third-order valence-electron chi connectivity index (χ3n) is 4.77. The second-order valence-electron chi connectivity index (χ2n) is 7.20. The van der Waals surface area contributed by atoms with Gasteiger partial charge in [-0.1, -0.05) is 35.3 Å². The van der Waals surface area contributed by atoms with Crippen LogP contribution in [0.4, 0.5) is 11.4 Å². The van der Waals surface area contributed by atoms with Crippen LogP contribution in [0.1, 0.15) is 5.56 Å². The van der Waals surface area contributed by atoms with Crippen molar-refractivity contribution in [1.29, 1.82) is 5.26 Å². The molecule has 0 aliphatic rings. The van der Waals surface area contributed by atoms with E-state index in [1.54, 1.807) is 55.6 Å². The Morgan fingerprint density at radius 2 is 1.69 bits per heavy atom. The highest BCUT2D eigenvalue weighted by Crippen LogP contribution is 2.37. The summed E-state index contributed by atoms with van der Waals surface area (Å²) < 4.78 is 16.0. The van der Waals surface area contributed by atoms with Gasteiger partial charge in [0, 0.05) is 5.69 Å². The van der Waals surface area contributed by atoms with E-state index < -0.39 is 11.8 Å². The van der Waals surface area contributed by atoms with Crippen molar-refractivity contribution in [2.75, 3.05) is 31.5 Å². The standard InChI is InChI=1S/C26H21Cl2N3O5/c1-34-19-9-7-18(8-10-19)30-24(32)15-36-25-21(28)12-16(13-23(25)35-2)11-17(14-29)26(33)31-22-6-4-3-5-20(22)27/h3-13H,15H2,1-2H3,(H,30,32)(H,31,33)/b17-11+. The molecule has 0 fully saturated rings. The van der Waals surface area contributed by atoms with Gasteiger partial charge in [-0.15, -0.1) is 0 Å². The van der Waals surface area contributed by atoms with Crippen molar-refractivity contribution < 1.29 is 23.8 Å². The smallest absolute Gasteiger partial charge is 0.266 e. The van der Waals surface area contributed by atoms with Gasteiger partial charge in [0.25, 0.3) is 11.8 Å². The molecule has 0 unspecified atom stereocenters. The van der Waals surface area contributed by atoms with Crippen LogP contribution in [0.2, 0.25) is 10.0 Å². The van der Waals surface area contributed by atoms with E-state index in [1.165, 1.54) is 25.3 Å². The Morgan fingerprint density at radius 1 is 0.972 bits per heavy atom. The summed E-state index contributed by atoms with van der Waals surface area (Å²) in [6, 6.07) is 18.4. The number of hydrogen-bond donors (Lipinski definition) is 2. The molecule has 0 aliphatic heterocycles. The zero-order chi connectivity index (χ0) is 26.1. The Morgan fingerprint density at radius 3 is 2.33 bits per heavy atom. The number of ether oxygens (including phenoxy) is 3. The number of nitriles is 1. The first-order valence-electron chi connectivity index (χ1n) is 10.5. The summed E-state index contributed by atoms with van der Waals surface area (Å²) in [7, 11) is 2.95. The van der Waals surface area contributed by atoms with Crippen LogP contribution < -0.4 is 24.8 Å². The maximum absolute atomic E-state index is 12.6. The minimum atomic E-state index is -0.642. The molecule has 0 bridgehead atoms. The van der Waals surface area contributed by atoms with Crippen molar-refractivity contribution >= 4 is 52.5 Å². The molecule has 3 aromatic carbocycles. The summed E-state index contributed by atoms with van der Waals surface area (Å²) in [5, 5.41) is 15.3. The van der Waals surface area contributed by atoms with Crippen molar-refractivity contribution in [2.24, 2.45) is 0 Å². The zero-order valence-corrected chi connectivity index (χ0v) is 20.8. The van der Waals surface area contributed by atoms with Gasteiger partial charge in [0.15, 0.2) is 18.1 Å². The Hall–Kier alpha value is -4.19. The molecule has 10 heteroatoms. The molecular formula is C26H21Cl2N3O5. The summed E-state index contributed by atoms with van der Waals surface area (Å²) in [5.41, 5.74) is 1.18. The van der Waals surface area contributed by atoms with Crippen molar-refractivity contribution in [3.8, 4) is 23.3 Å². The largest absolute Gasteiger partial charge is 0.497 e. The van der Waals surface area contributed by atoms with Gasteiger partial charge < -0.3 is 24.8 Å². The highest BCUT2D eigenvalue weighted by atomic mass is 35.5. The number of benzene rings is 3. The third kappa shape index (κ3) is 6.92. The summed E-state index contributed by atoms with van der Waals surface area (Å²) in [6.07, 6.45) is 1.35. The van der Waals surface area contributed by atoms with Crippen molar-refractivity contribution in [3.05, 3.63) is 81.8 Å². The Kier molecular flexibility index (Phi) is 9.17. The predicted octanol–water partition coefficient (Wildman–Crippen LogP) is 5.57. The van der Waals surface area contributed by atoms with E-state index in [-0.39, 0.29) is 28.7 Å². The number of methoxy groups -OCH3 is 2. The second kappa shape index (κ2) is 12.5. The molecule has 8 nitrogen and oxygen atoms in total. The Bertz CT molecular complexity index is 1330. The van der Waals surface area contributed by atoms with E-state index in [0.29, 0.717) is 27.7 Å². The molecule has 36 heavy (non-hydrogen) atoms. The molecule has 0 aromatic heterocycles. The summed E-state index contributed by atoms with van der Waals surface area (Å²) >= 11 is 12.4. The van der Waals surface area contributed by atoms with Crippen LogP contribution >= 0.6 is 23.2 Å². The number of anilines is 2. The maximum Gasteiger partial charge on any atom is 0.266 e. The SMILES string of the molecule is COc1ccc(NC(=O)COc2c(Cl)cc(/C=C(\C#N)C(=O)Nc3ccccc3Cl)cc2OC)cc1. The molecule has 0 saturated carbocycles. The summed E-state index contributed by atoms with van der Waals surface area (Å²) in [6.45, 7) is -0.332. The Labute approximate surface area is 218 Å². The number of nitrogens with zero attached hydrogens (tertiary/aromatic N) is 1. The lowest BCUT2D eigenvalue weighted by Gasteiger charge is -2.14. The van der Waals surface area contributed by atoms with Crippen LogP contribution in [0.15, 0.2) is 66.2 Å². The Balaban J connectivity index is 1.72. The van der Waals surface area contributed by atoms with Gasteiger partial charge in [-0.3, -0.25) is 9.59 Å². The molecule has 0 saturated heterocycles. The van der Waals surface area contributed by atoms with Crippen LogP contribution in [-0.4, -0.2) is 32.6 Å². The van der Waals surface area contributed by atoms with Gasteiger partial charge in [-0.05, 0) is 60.2 Å². The molecule has 3 aromatic rings. The fourth-order valence-electron chi connectivity index (χ4n) is 3.04. The number of hydrogen-bond acceptors (Lipinski definition) is 6. The molecule has 2 amide bonds. The van der Waals surface area contributed by atoms with E-state index >= 15 is 0 Å². The average molecular weight is 526 g/mol. The first-order chi connectivity index (χ1) is 17.3. The topological polar surface area (TPSA) is 110 Å². The second-order valence-corrected chi connectivity index (χ2v) is 8.02. The van der Waals surface area contributed by atoms with Crippen molar-refractivity contribution in [2.45, 2.75) is 0 Å². The number of amides is 2. The van der Waals surface area contributed by atoms with E-state index in [9.17, 15) is 14.9 Å². The number of halogens is 2. The molecule has 2 N–H and O–H groups in total. The molecule has 0 aliphatic carbocycles. The maximum atomic E-state index is 12.6. The van der Waals surface area contributed by atoms with Crippen molar-refractivity contribution in [1.82, 2.24) is 0 Å². The van der Waals surface area contributed by atoms with Crippen LogP contribution in [0.3, 0.4) is 0 Å². The highest BCUT2D eigenvalue weighted by molar-refractivity contribution is 6.34.